The molecule has 5 aromatic carbocycles. The Labute approximate surface area is 223 Å². The van der Waals surface area contributed by atoms with Crippen LogP contribution in [0.4, 0.5) is 0 Å². The fourth-order valence-electron chi connectivity index (χ4n) is 6.50. The van der Waals surface area contributed by atoms with E-state index in [1.807, 2.05) is 18.3 Å². The third-order valence-corrected chi connectivity index (χ3v) is 8.21. The summed E-state index contributed by atoms with van der Waals surface area (Å²) < 4.78 is 8.75. The Morgan fingerprint density at radius 2 is 1.36 bits per heavy atom. The van der Waals surface area contributed by atoms with Crippen molar-refractivity contribution in [3.05, 3.63) is 121 Å². The molecular formula is C36H22N2O. The number of furan rings is 1. The first-order valence-electron chi connectivity index (χ1n) is 13.3. The van der Waals surface area contributed by atoms with Crippen LogP contribution < -0.4 is 0 Å². The van der Waals surface area contributed by atoms with Gasteiger partial charge in [-0.25, -0.2) is 0 Å². The van der Waals surface area contributed by atoms with E-state index in [2.05, 4.69) is 113 Å². The van der Waals surface area contributed by atoms with Crippen molar-refractivity contribution in [2.75, 3.05) is 0 Å². The highest BCUT2D eigenvalue weighted by molar-refractivity contribution is 6.32. The first-order chi connectivity index (χ1) is 19.2. The van der Waals surface area contributed by atoms with Gasteiger partial charge in [0.05, 0.1) is 22.2 Å². The Morgan fingerprint density at radius 1 is 0.564 bits per heavy atom. The van der Waals surface area contributed by atoms with Crippen molar-refractivity contribution in [1.82, 2.24) is 9.38 Å². The molecule has 0 bridgehead atoms. The van der Waals surface area contributed by atoms with Gasteiger partial charge >= 0.3 is 0 Å². The van der Waals surface area contributed by atoms with Crippen molar-refractivity contribution in [2.45, 2.75) is 6.92 Å². The monoisotopic (exact) mass is 498 g/mol. The van der Waals surface area contributed by atoms with E-state index < -0.39 is 0 Å². The van der Waals surface area contributed by atoms with Crippen LogP contribution in [0, 0.1) is 6.92 Å². The van der Waals surface area contributed by atoms with E-state index in [4.69, 9.17) is 4.42 Å². The number of rotatable bonds is 2. The molecule has 0 saturated heterocycles. The summed E-state index contributed by atoms with van der Waals surface area (Å²) in [5, 5.41) is 7.35. The molecule has 0 N–H and O–H groups in total. The second-order valence-electron chi connectivity index (χ2n) is 10.5. The van der Waals surface area contributed by atoms with Crippen molar-refractivity contribution in [3.63, 3.8) is 0 Å². The molecule has 9 aromatic rings. The SMILES string of the molecule is Cc1ccnc(-c2ccc3c(c2)c2cc(-c4ccccc4)cc4c5c6c(ccc5n3c24)oc2ccccc26)c1. The minimum atomic E-state index is 0.924. The molecule has 0 unspecified atom stereocenters. The van der Waals surface area contributed by atoms with Gasteiger partial charge in [-0.1, -0.05) is 54.6 Å². The molecule has 4 heterocycles. The van der Waals surface area contributed by atoms with Gasteiger partial charge in [0.25, 0.3) is 0 Å². The zero-order valence-electron chi connectivity index (χ0n) is 21.3. The van der Waals surface area contributed by atoms with Crippen molar-refractivity contribution < 1.29 is 4.42 Å². The number of benzene rings is 5. The summed E-state index contributed by atoms with van der Waals surface area (Å²) in [7, 11) is 0. The molecule has 0 aliphatic rings. The maximum Gasteiger partial charge on any atom is 0.136 e. The fourth-order valence-corrected chi connectivity index (χ4v) is 6.50. The Kier molecular flexibility index (Phi) is 3.99. The van der Waals surface area contributed by atoms with E-state index in [0.29, 0.717) is 0 Å². The zero-order valence-corrected chi connectivity index (χ0v) is 21.3. The number of hydrogen-bond acceptors (Lipinski definition) is 2. The summed E-state index contributed by atoms with van der Waals surface area (Å²) in [6.45, 7) is 2.11. The Morgan fingerprint density at radius 3 is 2.26 bits per heavy atom. The largest absolute Gasteiger partial charge is 0.456 e. The van der Waals surface area contributed by atoms with Crippen molar-refractivity contribution in [2.24, 2.45) is 0 Å². The van der Waals surface area contributed by atoms with Gasteiger partial charge in [0, 0.05) is 44.1 Å². The quantitative estimate of drug-likeness (QED) is 0.237. The lowest BCUT2D eigenvalue weighted by atomic mass is 9.97. The van der Waals surface area contributed by atoms with Crippen LogP contribution in [0.3, 0.4) is 0 Å². The highest BCUT2D eigenvalue weighted by Crippen LogP contribution is 2.46. The maximum absolute atomic E-state index is 6.31. The second kappa shape index (κ2) is 7.46. The first kappa shape index (κ1) is 20.9. The zero-order chi connectivity index (χ0) is 25.7. The molecule has 0 amide bonds. The Balaban J connectivity index is 1.49. The van der Waals surface area contributed by atoms with Gasteiger partial charge in [0.2, 0.25) is 0 Å². The van der Waals surface area contributed by atoms with Crippen LogP contribution in [-0.2, 0) is 0 Å². The minimum absolute atomic E-state index is 0.924. The molecule has 182 valence electrons. The summed E-state index contributed by atoms with van der Waals surface area (Å²) >= 11 is 0. The van der Waals surface area contributed by atoms with Crippen molar-refractivity contribution >= 4 is 60.0 Å². The van der Waals surface area contributed by atoms with Crippen LogP contribution in [0.25, 0.3) is 82.4 Å². The molecule has 0 aliphatic carbocycles. The highest BCUT2D eigenvalue weighted by atomic mass is 16.3. The molecular weight excluding hydrogens is 476 g/mol. The standard InChI is InChI=1S/C36H22N2O/c1-21-15-16-37-29(17-21)23-11-12-30-26(18-23)27-19-24(22-7-3-2-4-8-22)20-28-34-31(38(30)36(27)28)13-14-33-35(34)25-9-5-6-10-32(25)39-33/h2-20H,1H3. The summed E-state index contributed by atoms with van der Waals surface area (Å²) in [6.07, 6.45) is 1.89. The van der Waals surface area contributed by atoms with Gasteiger partial charge < -0.3 is 8.82 Å². The smallest absolute Gasteiger partial charge is 0.136 e. The van der Waals surface area contributed by atoms with Gasteiger partial charge in [-0.05, 0) is 78.2 Å². The molecule has 0 saturated carbocycles. The van der Waals surface area contributed by atoms with Crippen LogP contribution in [0.1, 0.15) is 5.56 Å². The molecule has 0 aliphatic heterocycles. The predicted octanol–water partition coefficient (Wildman–Crippen LogP) is 9.77. The molecule has 39 heavy (non-hydrogen) atoms. The number of pyridine rings is 1. The maximum atomic E-state index is 6.31. The van der Waals surface area contributed by atoms with Gasteiger partial charge in [-0.15, -0.1) is 0 Å². The van der Waals surface area contributed by atoms with Gasteiger partial charge in [-0.3, -0.25) is 4.98 Å². The number of aromatic nitrogens is 2. The lowest BCUT2D eigenvalue weighted by Gasteiger charge is -2.06. The van der Waals surface area contributed by atoms with E-state index in [1.165, 1.54) is 60.2 Å². The van der Waals surface area contributed by atoms with Crippen LogP contribution in [0.15, 0.2) is 120 Å². The lowest BCUT2D eigenvalue weighted by Crippen LogP contribution is -1.85. The summed E-state index contributed by atoms with van der Waals surface area (Å²) in [4.78, 5) is 4.68. The molecule has 3 nitrogen and oxygen atoms in total. The molecule has 0 spiro atoms. The Hall–Kier alpha value is -5.15. The predicted molar refractivity (Wildman–Crippen MR) is 162 cm³/mol. The second-order valence-corrected chi connectivity index (χ2v) is 10.5. The number of aryl methyl sites for hydroxylation is 1. The average molecular weight is 499 g/mol. The highest BCUT2D eigenvalue weighted by Gasteiger charge is 2.22. The van der Waals surface area contributed by atoms with Crippen molar-refractivity contribution in [1.29, 1.82) is 0 Å². The Bertz CT molecular complexity index is 2390. The average Bonchev–Trinajstić information content (AvgIpc) is 3.63. The van der Waals surface area contributed by atoms with Gasteiger partial charge in [0.15, 0.2) is 0 Å². The van der Waals surface area contributed by atoms with E-state index >= 15 is 0 Å². The number of fused-ring (bicyclic) bond motifs is 10. The molecule has 9 rings (SSSR count). The molecule has 4 aromatic heterocycles. The summed E-state index contributed by atoms with van der Waals surface area (Å²) in [5.74, 6) is 0. The number of hydrogen-bond donors (Lipinski definition) is 0. The summed E-state index contributed by atoms with van der Waals surface area (Å²) in [6, 6.07) is 39.1. The van der Waals surface area contributed by atoms with Gasteiger partial charge in [0.1, 0.15) is 11.2 Å². The third kappa shape index (κ3) is 2.79. The van der Waals surface area contributed by atoms with Crippen LogP contribution in [-0.4, -0.2) is 9.38 Å². The first-order valence-corrected chi connectivity index (χ1v) is 13.3. The normalized spacial score (nSPS) is 12.2. The van der Waals surface area contributed by atoms with Crippen molar-refractivity contribution in [3.8, 4) is 22.4 Å². The topological polar surface area (TPSA) is 30.4 Å². The van der Waals surface area contributed by atoms with E-state index in [0.717, 1.165) is 27.8 Å². The van der Waals surface area contributed by atoms with E-state index in [9.17, 15) is 0 Å². The van der Waals surface area contributed by atoms with Crippen LogP contribution >= 0.6 is 0 Å². The minimum Gasteiger partial charge on any atom is -0.456 e. The lowest BCUT2D eigenvalue weighted by molar-refractivity contribution is 0.669. The molecule has 0 atom stereocenters. The van der Waals surface area contributed by atoms with E-state index in [-0.39, 0.29) is 0 Å². The number of nitrogens with zero attached hydrogens (tertiary/aromatic N) is 2. The summed E-state index contributed by atoms with van der Waals surface area (Å²) in [5.41, 5.74) is 11.3. The molecule has 0 radical (unpaired) electrons. The number of para-hydroxylation sites is 1. The van der Waals surface area contributed by atoms with Crippen LogP contribution in [0.5, 0.6) is 0 Å². The van der Waals surface area contributed by atoms with Crippen LogP contribution in [0.2, 0.25) is 0 Å². The fraction of sp³-hybridized carbons (Fsp3) is 0.0278. The third-order valence-electron chi connectivity index (χ3n) is 8.21. The van der Waals surface area contributed by atoms with Gasteiger partial charge in [-0.2, -0.15) is 0 Å². The molecule has 0 fully saturated rings. The molecule has 3 heteroatoms. The van der Waals surface area contributed by atoms with E-state index in [1.54, 1.807) is 0 Å².